The summed E-state index contributed by atoms with van der Waals surface area (Å²) in [5.74, 6) is 0.481. The van der Waals surface area contributed by atoms with Gasteiger partial charge in [-0.1, -0.05) is 11.6 Å². The van der Waals surface area contributed by atoms with Crippen LogP contribution in [0.3, 0.4) is 0 Å². The molecule has 0 spiro atoms. The Balaban J connectivity index is 1.62. The van der Waals surface area contributed by atoms with Crippen LogP contribution in [0.1, 0.15) is 28.9 Å². The van der Waals surface area contributed by atoms with Crippen molar-refractivity contribution in [1.29, 1.82) is 0 Å². The number of pyridine rings is 1. The molecule has 1 amide bonds. The molecule has 6 heteroatoms. The van der Waals surface area contributed by atoms with E-state index in [-0.39, 0.29) is 11.9 Å². The molecule has 1 N–H and O–H groups in total. The zero-order chi connectivity index (χ0) is 19.0. The van der Waals surface area contributed by atoms with Crippen molar-refractivity contribution in [2.75, 3.05) is 7.11 Å². The number of methoxy groups -OCH3 is 1. The van der Waals surface area contributed by atoms with Crippen LogP contribution in [0.5, 0.6) is 5.75 Å². The summed E-state index contributed by atoms with van der Waals surface area (Å²) in [6.07, 6.45) is 3.39. The lowest BCUT2D eigenvalue weighted by atomic mass is 10.1. The lowest BCUT2D eigenvalue weighted by molar-refractivity contribution is 0.0940. The predicted molar refractivity (Wildman–Crippen MR) is 105 cm³/mol. The fourth-order valence-corrected chi connectivity index (χ4v) is 3.39. The Morgan fingerprint density at radius 2 is 1.96 bits per heavy atom. The zero-order valence-electron chi connectivity index (χ0n) is 14.8. The highest BCUT2D eigenvalue weighted by atomic mass is 35.5. The number of carbonyl (C=O) groups is 1. The highest BCUT2D eigenvalue weighted by molar-refractivity contribution is 6.31. The molecule has 0 radical (unpaired) electrons. The Hall–Kier alpha value is -3.05. The van der Waals surface area contributed by atoms with E-state index >= 15 is 0 Å². The number of hydrogen-bond donors (Lipinski definition) is 1. The van der Waals surface area contributed by atoms with Crippen molar-refractivity contribution in [3.63, 3.8) is 0 Å². The van der Waals surface area contributed by atoms with Crippen LogP contribution in [-0.2, 0) is 0 Å². The molecule has 0 aliphatic carbocycles. The van der Waals surface area contributed by atoms with Gasteiger partial charge in [0, 0.05) is 27.6 Å². The number of hydrogen-bond acceptors (Lipinski definition) is 4. The molecule has 0 bridgehead atoms. The van der Waals surface area contributed by atoms with Crippen LogP contribution in [0.25, 0.3) is 21.9 Å². The van der Waals surface area contributed by atoms with Crippen LogP contribution < -0.4 is 10.1 Å². The van der Waals surface area contributed by atoms with Gasteiger partial charge in [-0.15, -0.1) is 0 Å². The van der Waals surface area contributed by atoms with Gasteiger partial charge in [-0.2, -0.15) is 0 Å². The molecular formula is C21H17ClN2O3. The number of nitrogens with zero attached hydrogens (tertiary/aromatic N) is 1. The van der Waals surface area contributed by atoms with Gasteiger partial charge in [0.1, 0.15) is 11.3 Å². The van der Waals surface area contributed by atoms with E-state index in [1.54, 1.807) is 43.8 Å². The van der Waals surface area contributed by atoms with E-state index in [0.717, 1.165) is 16.3 Å². The normalized spacial score (nSPS) is 12.3. The highest BCUT2D eigenvalue weighted by Gasteiger charge is 2.16. The van der Waals surface area contributed by atoms with Gasteiger partial charge in [0.15, 0.2) is 5.58 Å². The minimum absolute atomic E-state index is 0.207. The third kappa shape index (κ3) is 3.22. The molecule has 0 fully saturated rings. The SMILES string of the molecule is COc1ccc(Cl)c([C@@H](C)NC(=O)c2ccc3c(c2)oc2cnccc23)c1. The Morgan fingerprint density at radius 1 is 1.15 bits per heavy atom. The number of nitrogens with one attached hydrogen (secondary N) is 1. The molecule has 4 rings (SSSR count). The molecule has 5 nitrogen and oxygen atoms in total. The van der Waals surface area contributed by atoms with E-state index in [2.05, 4.69) is 10.3 Å². The smallest absolute Gasteiger partial charge is 0.251 e. The maximum Gasteiger partial charge on any atom is 0.251 e. The monoisotopic (exact) mass is 380 g/mol. The molecule has 2 aromatic carbocycles. The van der Waals surface area contributed by atoms with Crippen LogP contribution in [0.4, 0.5) is 0 Å². The number of rotatable bonds is 4. The lowest BCUT2D eigenvalue weighted by Crippen LogP contribution is -2.26. The van der Waals surface area contributed by atoms with Gasteiger partial charge in [0.25, 0.3) is 5.91 Å². The second kappa shape index (κ2) is 6.93. The van der Waals surface area contributed by atoms with E-state index in [0.29, 0.717) is 27.5 Å². The predicted octanol–water partition coefficient (Wildman–Crippen LogP) is 5.13. The van der Waals surface area contributed by atoms with E-state index in [9.17, 15) is 4.79 Å². The largest absolute Gasteiger partial charge is 0.497 e. The van der Waals surface area contributed by atoms with Crippen molar-refractivity contribution < 1.29 is 13.9 Å². The summed E-state index contributed by atoms with van der Waals surface area (Å²) in [5.41, 5.74) is 2.65. The van der Waals surface area contributed by atoms with Crippen LogP contribution in [0, 0.1) is 0 Å². The van der Waals surface area contributed by atoms with Gasteiger partial charge in [-0.05, 0) is 55.0 Å². The highest BCUT2D eigenvalue weighted by Crippen LogP contribution is 2.30. The summed E-state index contributed by atoms with van der Waals surface area (Å²) in [4.78, 5) is 16.8. The number of carbonyl (C=O) groups excluding carboxylic acids is 1. The van der Waals surface area contributed by atoms with Gasteiger partial charge in [-0.3, -0.25) is 9.78 Å². The minimum atomic E-state index is -0.282. The van der Waals surface area contributed by atoms with E-state index < -0.39 is 0 Å². The van der Waals surface area contributed by atoms with Crippen LogP contribution in [0.2, 0.25) is 5.02 Å². The quantitative estimate of drug-likeness (QED) is 0.532. The molecule has 0 saturated heterocycles. The molecule has 27 heavy (non-hydrogen) atoms. The van der Waals surface area contributed by atoms with Crippen molar-refractivity contribution in [3.05, 3.63) is 71.0 Å². The van der Waals surface area contributed by atoms with Crippen LogP contribution >= 0.6 is 11.6 Å². The Kier molecular flexibility index (Phi) is 4.46. The summed E-state index contributed by atoms with van der Waals surface area (Å²) in [7, 11) is 1.59. The third-order valence-corrected chi connectivity index (χ3v) is 4.90. The number of furan rings is 1. The van der Waals surface area contributed by atoms with Gasteiger partial charge in [-0.25, -0.2) is 0 Å². The van der Waals surface area contributed by atoms with Crippen molar-refractivity contribution in [1.82, 2.24) is 10.3 Å². The standard InChI is InChI=1S/C21H17ClN2O3/c1-12(17-10-14(26-2)4-6-18(17)22)24-21(25)13-3-5-15-16-7-8-23-11-20(16)27-19(15)9-13/h3-12H,1-2H3,(H,24,25)/t12-/m1/s1. The molecular weight excluding hydrogens is 364 g/mol. The molecule has 0 aliphatic heterocycles. The Labute approximate surface area is 160 Å². The first-order chi connectivity index (χ1) is 13.1. The van der Waals surface area contributed by atoms with Crippen LogP contribution in [0.15, 0.2) is 59.3 Å². The number of benzene rings is 2. The summed E-state index contributed by atoms with van der Waals surface area (Å²) in [6.45, 7) is 1.88. The summed E-state index contributed by atoms with van der Waals surface area (Å²) in [5, 5.41) is 5.47. The topological polar surface area (TPSA) is 64.4 Å². The number of fused-ring (bicyclic) bond motifs is 3. The van der Waals surface area contributed by atoms with Crippen molar-refractivity contribution in [2.45, 2.75) is 13.0 Å². The number of amides is 1. The fourth-order valence-electron chi connectivity index (χ4n) is 3.11. The van der Waals surface area contributed by atoms with Crippen LogP contribution in [-0.4, -0.2) is 18.0 Å². The number of halogens is 1. The van der Waals surface area contributed by atoms with E-state index in [1.165, 1.54) is 0 Å². The Bertz CT molecular complexity index is 1150. The van der Waals surface area contributed by atoms with E-state index in [1.807, 2.05) is 25.1 Å². The van der Waals surface area contributed by atoms with E-state index in [4.69, 9.17) is 20.8 Å². The van der Waals surface area contributed by atoms with Gasteiger partial charge in [0.05, 0.1) is 19.3 Å². The molecule has 0 unspecified atom stereocenters. The molecule has 0 saturated carbocycles. The molecule has 4 aromatic rings. The zero-order valence-corrected chi connectivity index (χ0v) is 15.6. The van der Waals surface area contributed by atoms with Crippen molar-refractivity contribution in [3.8, 4) is 5.75 Å². The second-order valence-electron chi connectivity index (χ2n) is 6.27. The number of aromatic nitrogens is 1. The fraction of sp³-hybridized carbons (Fsp3) is 0.143. The lowest BCUT2D eigenvalue weighted by Gasteiger charge is -2.16. The maximum absolute atomic E-state index is 12.7. The molecule has 1 atom stereocenters. The first-order valence-corrected chi connectivity index (χ1v) is 8.85. The summed E-state index contributed by atoms with van der Waals surface area (Å²) in [6, 6.07) is 12.4. The third-order valence-electron chi connectivity index (χ3n) is 4.56. The number of ether oxygens (including phenoxy) is 1. The molecule has 136 valence electrons. The summed E-state index contributed by atoms with van der Waals surface area (Å²) < 4.78 is 11.0. The van der Waals surface area contributed by atoms with Crippen molar-refractivity contribution in [2.24, 2.45) is 0 Å². The van der Waals surface area contributed by atoms with Gasteiger partial charge in [0.2, 0.25) is 0 Å². The van der Waals surface area contributed by atoms with Gasteiger partial charge >= 0.3 is 0 Å². The summed E-state index contributed by atoms with van der Waals surface area (Å²) >= 11 is 6.27. The first kappa shape index (κ1) is 17.4. The minimum Gasteiger partial charge on any atom is -0.497 e. The second-order valence-corrected chi connectivity index (χ2v) is 6.67. The van der Waals surface area contributed by atoms with Gasteiger partial charge < -0.3 is 14.5 Å². The first-order valence-electron chi connectivity index (χ1n) is 8.47. The molecule has 0 aliphatic rings. The average molecular weight is 381 g/mol. The average Bonchev–Trinajstić information content (AvgIpc) is 3.06. The van der Waals surface area contributed by atoms with Crippen molar-refractivity contribution >= 4 is 39.4 Å². The maximum atomic E-state index is 12.7. The Morgan fingerprint density at radius 3 is 2.78 bits per heavy atom. The molecule has 2 aromatic heterocycles. The molecule has 2 heterocycles.